The van der Waals surface area contributed by atoms with Crippen LogP contribution in [-0.4, -0.2) is 31.0 Å². The summed E-state index contributed by atoms with van der Waals surface area (Å²) >= 11 is 0. The molecule has 1 atom stereocenters. The third kappa shape index (κ3) is 5.81. The van der Waals surface area contributed by atoms with E-state index >= 15 is 0 Å². The van der Waals surface area contributed by atoms with Gasteiger partial charge in [-0.2, -0.15) is 0 Å². The summed E-state index contributed by atoms with van der Waals surface area (Å²) in [4.78, 5) is 15.4. The third-order valence-electron chi connectivity index (χ3n) is 2.56. The highest BCUT2D eigenvalue weighted by Crippen LogP contribution is 2.05. The van der Waals surface area contributed by atoms with Gasteiger partial charge in [-0.05, 0) is 25.5 Å². The monoisotopic (exact) mass is 267 g/mol. The van der Waals surface area contributed by atoms with Gasteiger partial charge < -0.3 is 14.2 Å². The number of hydrogen-bond acceptors (Lipinski definition) is 5. The first kappa shape index (κ1) is 15.6. The molecule has 0 aliphatic heterocycles. The topological polar surface area (TPSA) is 57.7 Å². The molecule has 0 spiro atoms. The van der Waals surface area contributed by atoms with E-state index in [4.69, 9.17) is 9.47 Å². The number of hydrogen-bond donors (Lipinski definition) is 0. The zero-order chi connectivity index (χ0) is 14.1. The Hall–Kier alpha value is -1.46. The van der Waals surface area contributed by atoms with E-state index in [-0.39, 0.29) is 6.29 Å². The average molecular weight is 267 g/mol. The van der Waals surface area contributed by atoms with Crippen LogP contribution in [0.5, 0.6) is 0 Å². The number of ether oxygens (including phenoxy) is 3. The fourth-order valence-corrected chi connectivity index (χ4v) is 1.39. The highest BCUT2D eigenvalue weighted by Gasteiger charge is 2.07. The Morgan fingerprint density at radius 3 is 2.74 bits per heavy atom. The molecule has 0 saturated carbocycles. The number of rotatable bonds is 8. The van der Waals surface area contributed by atoms with Crippen molar-refractivity contribution in [3.8, 4) is 0 Å². The molecule has 1 unspecified atom stereocenters. The van der Waals surface area contributed by atoms with E-state index in [2.05, 4.69) is 16.6 Å². The van der Waals surface area contributed by atoms with Gasteiger partial charge in [0, 0.05) is 12.8 Å². The summed E-state index contributed by atoms with van der Waals surface area (Å²) in [7, 11) is 1.34. The van der Waals surface area contributed by atoms with Crippen LogP contribution >= 0.6 is 0 Å². The van der Waals surface area contributed by atoms with Crippen molar-refractivity contribution < 1.29 is 19.0 Å². The van der Waals surface area contributed by atoms with Crippen molar-refractivity contribution in [2.45, 2.75) is 39.6 Å². The molecule has 5 nitrogen and oxygen atoms in total. The Balaban J connectivity index is 2.35. The summed E-state index contributed by atoms with van der Waals surface area (Å²) in [5, 5.41) is 0. The zero-order valence-electron chi connectivity index (χ0n) is 11.7. The molecule has 19 heavy (non-hydrogen) atoms. The van der Waals surface area contributed by atoms with Crippen LogP contribution in [0.3, 0.4) is 0 Å². The minimum absolute atomic E-state index is 0.256. The maximum atomic E-state index is 11.2. The molecule has 106 valence electrons. The molecule has 1 aromatic heterocycles. The molecule has 0 aliphatic carbocycles. The van der Waals surface area contributed by atoms with E-state index in [0.717, 1.165) is 18.5 Å². The molecular weight excluding hydrogens is 246 g/mol. The van der Waals surface area contributed by atoms with Crippen molar-refractivity contribution >= 4 is 5.97 Å². The Kier molecular flexibility index (Phi) is 7.07. The van der Waals surface area contributed by atoms with Crippen LogP contribution in [0.15, 0.2) is 18.3 Å². The molecule has 0 fully saturated rings. The van der Waals surface area contributed by atoms with Crippen molar-refractivity contribution in [2.75, 3.05) is 13.7 Å². The van der Waals surface area contributed by atoms with Crippen LogP contribution in [0, 0.1) is 0 Å². The molecule has 0 bridgehead atoms. The van der Waals surface area contributed by atoms with Crippen molar-refractivity contribution in [3.63, 3.8) is 0 Å². The van der Waals surface area contributed by atoms with Crippen LogP contribution in [0.2, 0.25) is 0 Å². The Morgan fingerprint density at radius 2 is 2.16 bits per heavy atom. The van der Waals surface area contributed by atoms with E-state index in [1.54, 1.807) is 12.1 Å². The van der Waals surface area contributed by atoms with Gasteiger partial charge in [-0.15, -0.1) is 0 Å². The van der Waals surface area contributed by atoms with E-state index in [1.165, 1.54) is 13.3 Å². The van der Waals surface area contributed by atoms with Crippen LogP contribution in [0.25, 0.3) is 0 Å². The summed E-state index contributed by atoms with van der Waals surface area (Å²) in [5.74, 6) is -0.392. The maximum Gasteiger partial charge on any atom is 0.339 e. The van der Waals surface area contributed by atoms with Crippen molar-refractivity contribution in [2.24, 2.45) is 0 Å². The quantitative estimate of drug-likeness (QED) is 0.411. The molecule has 1 rings (SSSR count). The first-order valence-electron chi connectivity index (χ1n) is 6.43. The lowest BCUT2D eigenvalue weighted by Crippen LogP contribution is -2.14. The second-order valence-electron chi connectivity index (χ2n) is 4.13. The third-order valence-corrected chi connectivity index (χ3v) is 2.56. The van der Waals surface area contributed by atoms with Gasteiger partial charge in [0.2, 0.25) is 0 Å². The van der Waals surface area contributed by atoms with Gasteiger partial charge in [0.1, 0.15) is 0 Å². The predicted octanol–water partition coefficient (Wildman–Crippen LogP) is 2.55. The highest BCUT2D eigenvalue weighted by atomic mass is 16.7. The molecule has 5 heteroatoms. The summed E-state index contributed by atoms with van der Waals surface area (Å²) < 4.78 is 15.6. The minimum atomic E-state index is -0.392. The smallest absolute Gasteiger partial charge is 0.339 e. The summed E-state index contributed by atoms with van der Waals surface area (Å²) in [6.07, 6.45) is 3.35. The lowest BCUT2D eigenvalue weighted by molar-refractivity contribution is -0.138. The normalized spacial score (nSPS) is 12.2. The minimum Gasteiger partial charge on any atom is -0.465 e. The number of methoxy groups -OCH3 is 1. The predicted molar refractivity (Wildman–Crippen MR) is 70.7 cm³/mol. The number of unbranched alkanes of at least 4 members (excludes halogenated alkanes) is 1. The average Bonchev–Trinajstić information content (AvgIpc) is 2.45. The second kappa shape index (κ2) is 8.61. The van der Waals surface area contributed by atoms with Crippen LogP contribution in [0.1, 0.15) is 42.7 Å². The van der Waals surface area contributed by atoms with Gasteiger partial charge >= 0.3 is 5.97 Å². The van der Waals surface area contributed by atoms with Crippen LogP contribution in [0.4, 0.5) is 0 Å². The summed E-state index contributed by atoms with van der Waals surface area (Å²) in [6, 6.07) is 3.41. The van der Waals surface area contributed by atoms with Gasteiger partial charge in [0.05, 0.1) is 25.0 Å². The summed E-state index contributed by atoms with van der Waals surface area (Å²) in [5.41, 5.74) is 1.18. The molecule has 1 aromatic rings. The van der Waals surface area contributed by atoms with Gasteiger partial charge in [-0.3, -0.25) is 4.98 Å². The first-order valence-corrected chi connectivity index (χ1v) is 6.43. The molecule has 0 saturated heterocycles. The first-order chi connectivity index (χ1) is 9.17. The van der Waals surface area contributed by atoms with Crippen LogP contribution in [-0.2, 0) is 20.8 Å². The lowest BCUT2D eigenvalue weighted by Gasteiger charge is -2.13. The number of pyridine rings is 1. The number of carbonyl (C=O) groups is 1. The van der Waals surface area contributed by atoms with Crippen molar-refractivity contribution in [1.82, 2.24) is 4.98 Å². The Labute approximate surface area is 113 Å². The largest absolute Gasteiger partial charge is 0.465 e. The van der Waals surface area contributed by atoms with E-state index < -0.39 is 5.97 Å². The standard InChI is InChI=1S/C14H21NO4/c1-4-5-8-18-11(2)19-10-13-7-6-12(9-15-13)14(16)17-3/h6-7,9,11H,4-5,8,10H2,1-3H3. The number of aromatic nitrogens is 1. The molecule has 0 radical (unpaired) electrons. The molecule has 0 aromatic carbocycles. The summed E-state index contributed by atoms with van der Waals surface area (Å²) in [6.45, 7) is 5.03. The molecule has 0 amide bonds. The molecule has 0 aliphatic rings. The SMILES string of the molecule is CCCCOC(C)OCc1ccc(C(=O)OC)cn1. The molecule has 1 heterocycles. The fourth-order valence-electron chi connectivity index (χ4n) is 1.39. The zero-order valence-corrected chi connectivity index (χ0v) is 11.7. The maximum absolute atomic E-state index is 11.2. The van der Waals surface area contributed by atoms with E-state index in [0.29, 0.717) is 18.8 Å². The molecule has 0 N–H and O–H groups in total. The van der Waals surface area contributed by atoms with Crippen LogP contribution < -0.4 is 0 Å². The second-order valence-corrected chi connectivity index (χ2v) is 4.13. The van der Waals surface area contributed by atoms with Gasteiger partial charge in [-0.1, -0.05) is 13.3 Å². The lowest BCUT2D eigenvalue weighted by atomic mass is 10.2. The molecular formula is C14H21NO4. The van der Waals surface area contributed by atoms with Crippen molar-refractivity contribution in [3.05, 3.63) is 29.6 Å². The van der Waals surface area contributed by atoms with Gasteiger partial charge in [0.15, 0.2) is 6.29 Å². The van der Waals surface area contributed by atoms with Gasteiger partial charge in [0.25, 0.3) is 0 Å². The fraction of sp³-hybridized carbons (Fsp3) is 0.571. The number of esters is 1. The van der Waals surface area contributed by atoms with Gasteiger partial charge in [-0.25, -0.2) is 4.79 Å². The van der Waals surface area contributed by atoms with Crippen molar-refractivity contribution in [1.29, 1.82) is 0 Å². The Bertz CT molecular complexity index is 378. The van der Waals surface area contributed by atoms with E-state index in [1.807, 2.05) is 6.92 Å². The van der Waals surface area contributed by atoms with E-state index in [9.17, 15) is 4.79 Å². The Morgan fingerprint density at radius 1 is 1.37 bits per heavy atom. The number of nitrogens with zero attached hydrogens (tertiary/aromatic N) is 1. The highest BCUT2D eigenvalue weighted by molar-refractivity contribution is 5.88. The number of carbonyl (C=O) groups excluding carboxylic acids is 1.